The lowest BCUT2D eigenvalue weighted by atomic mass is 10.1. The highest BCUT2D eigenvalue weighted by atomic mass is 35.5. The fourth-order valence-corrected chi connectivity index (χ4v) is 3.91. The number of amides is 2. The Labute approximate surface area is 167 Å². The van der Waals surface area contributed by atoms with E-state index < -0.39 is 5.82 Å². The van der Waals surface area contributed by atoms with Crippen LogP contribution >= 0.6 is 23.4 Å². The van der Waals surface area contributed by atoms with E-state index in [-0.39, 0.29) is 40.7 Å². The normalized spacial score (nSPS) is 14.7. The maximum Gasteiger partial charge on any atom is 0.251 e. The highest BCUT2D eigenvalue weighted by molar-refractivity contribution is 8.00. The van der Waals surface area contributed by atoms with Gasteiger partial charge in [-0.2, -0.15) is 0 Å². The first kappa shape index (κ1) is 19.7. The molecule has 1 aliphatic rings. The predicted octanol–water partition coefficient (Wildman–Crippen LogP) is 4.65. The van der Waals surface area contributed by atoms with Crippen molar-refractivity contribution < 1.29 is 14.0 Å². The van der Waals surface area contributed by atoms with E-state index >= 15 is 0 Å². The van der Waals surface area contributed by atoms with Gasteiger partial charge in [0.2, 0.25) is 5.91 Å². The van der Waals surface area contributed by atoms with E-state index in [1.165, 1.54) is 28.8 Å². The van der Waals surface area contributed by atoms with Crippen molar-refractivity contribution in [2.75, 3.05) is 10.7 Å². The molecule has 0 radical (unpaired) electrons. The number of benzene rings is 2. The Morgan fingerprint density at radius 2 is 2.15 bits per heavy atom. The quantitative estimate of drug-likeness (QED) is 0.786. The first-order chi connectivity index (χ1) is 12.9. The summed E-state index contributed by atoms with van der Waals surface area (Å²) in [4.78, 5) is 27.4. The number of carbonyl (C=O) groups is 2. The van der Waals surface area contributed by atoms with Gasteiger partial charge in [-0.05, 0) is 43.7 Å². The average molecular weight is 407 g/mol. The zero-order chi connectivity index (χ0) is 19.6. The number of hydrogen-bond acceptors (Lipinski definition) is 3. The highest BCUT2D eigenvalue weighted by Crippen LogP contribution is 2.37. The Morgan fingerprint density at radius 1 is 1.37 bits per heavy atom. The molecule has 0 saturated heterocycles. The number of nitrogens with zero attached hydrogens (tertiary/aromatic N) is 1. The number of hydrogen-bond donors (Lipinski definition) is 1. The highest BCUT2D eigenvalue weighted by Gasteiger charge is 2.27. The van der Waals surface area contributed by atoms with E-state index in [0.29, 0.717) is 11.3 Å². The third kappa shape index (κ3) is 4.28. The van der Waals surface area contributed by atoms with Gasteiger partial charge in [0.1, 0.15) is 5.82 Å². The number of carbonyl (C=O) groups excluding carboxylic acids is 2. The van der Waals surface area contributed by atoms with Crippen LogP contribution < -0.4 is 10.2 Å². The van der Waals surface area contributed by atoms with Crippen LogP contribution in [0.4, 0.5) is 10.1 Å². The zero-order valence-corrected chi connectivity index (χ0v) is 16.7. The minimum Gasteiger partial charge on any atom is -0.350 e. The van der Waals surface area contributed by atoms with Crippen LogP contribution in [-0.4, -0.2) is 23.6 Å². The van der Waals surface area contributed by atoms with Gasteiger partial charge in [0.25, 0.3) is 5.91 Å². The van der Waals surface area contributed by atoms with Gasteiger partial charge in [-0.3, -0.25) is 9.59 Å². The first-order valence-electron chi connectivity index (χ1n) is 8.71. The summed E-state index contributed by atoms with van der Waals surface area (Å²) in [6, 6.07) is 9.76. The molecule has 0 bridgehead atoms. The zero-order valence-electron chi connectivity index (χ0n) is 15.1. The van der Waals surface area contributed by atoms with Gasteiger partial charge in [-0.15, -0.1) is 11.8 Å². The van der Waals surface area contributed by atoms with Crippen LogP contribution in [0.15, 0.2) is 41.3 Å². The maximum atomic E-state index is 14.2. The molecule has 7 heteroatoms. The molecule has 3 rings (SSSR count). The topological polar surface area (TPSA) is 49.4 Å². The molecular formula is C20H20ClFN2O2S. The van der Waals surface area contributed by atoms with Crippen molar-refractivity contribution in [1.82, 2.24) is 5.32 Å². The lowest BCUT2D eigenvalue weighted by Crippen LogP contribution is -2.36. The Morgan fingerprint density at radius 3 is 2.85 bits per heavy atom. The second kappa shape index (κ2) is 8.31. The van der Waals surface area contributed by atoms with Crippen LogP contribution in [-0.2, 0) is 11.3 Å². The number of halogens is 2. The molecule has 142 valence electrons. The Kier molecular flexibility index (Phi) is 6.07. The smallest absolute Gasteiger partial charge is 0.251 e. The summed E-state index contributed by atoms with van der Waals surface area (Å²) in [5, 5.41) is 3.19. The van der Waals surface area contributed by atoms with Crippen molar-refractivity contribution in [3.63, 3.8) is 0 Å². The standard InChI is InChI=1S/C20H20ClFN2O2S/c1-3-12(2)23-20(26)13-7-8-18-17(9-13)24(19(25)11-27-18)10-14-15(21)5-4-6-16(14)22/h4-9,12H,3,10-11H2,1-2H3,(H,23,26). The van der Waals surface area contributed by atoms with E-state index in [1.807, 2.05) is 19.9 Å². The maximum absolute atomic E-state index is 14.2. The molecule has 27 heavy (non-hydrogen) atoms. The third-order valence-corrected chi connectivity index (χ3v) is 5.93. The molecule has 1 N–H and O–H groups in total. The van der Waals surface area contributed by atoms with E-state index in [9.17, 15) is 14.0 Å². The number of nitrogens with one attached hydrogen (secondary N) is 1. The second-order valence-corrected chi connectivity index (χ2v) is 7.86. The van der Waals surface area contributed by atoms with E-state index in [2.05, 4.69) is 5.32 Å². The summed E-state index contributed by atoms with van der Waals surface area (Å²) >= 11 is 7.54. The van der Waals surface area contributed by atoms with Crippen LogP contribution in [0.25, 0.3) is 0 Å². The molecule has 1 atom stereocenters. The van der Waals surface area contributed by atoms with Gasteiger partial charge in [-0.25, -0.2) is 4.39 Å². The van der Waals surface area contributed by atoms with E-state index in [4.69, 9.17) is 11.6 Å². The van der Waals surface area contributed by atoms with Crippen LogP contribution in [0.2, 0.25) is 5.02 Å². The summed E-state index contributed by atoms with van der Waals surface area (Å²) in [6.07, 6.45) is 0.822. The van der Waals surface area contributed by atoms with Gasteiger partial charge in [0.15, 0.2) is 0 Å². The van der Waals surface area contributed by atoms with Crippen LogP contribution in [0, 0.1) is 5.82 Å². The summed E-state index contributed by atoms with van der Waals surface area (Å²) in [7, 11) is 0. The third-order valence-electron chi connectivity index (χ3n) is 4.53. The number of fused-ring (bicyclic) bond motifs is 1. The monoisotopic (exact) mass is 406 g/mol. The Hall–Kier alpha value is -2.05. The molecule has 2 aromatic carbocycles. The van der Waals surface area contributed by atoms with Gasteiger partial charge in [-0.1, -0.05) is 24.6 Å². The molecule has 0 saturated carbocycles. The van der Waals surface area contributed by atoms with Gasteiger partial charge in [0.05, 0.1) is 18.0 Å². The number of anilines is 1. The van der Waals surface area contributed by atoms with Crippen LogP contribution in [0.1, 0.15) is 36.2 Å². The van der Waals surface area contributed by atoms with E-state index in [1.54, 1.807) is 18.2 Å². The lowest BCUT2D eigenvalue weighted by Gasteiger charge is -2.30. The minimum absolute atomic E-state index is 0.0222. The fourth-order valence-electron chi connectivity index (χ4n) is 2.77. The molecule has 0 spiro atoms. The lowest BCUT2D eigenvalue weighted by molar-refractivity contribution is -0.116. The van der Waals surface area contributed by atoms with Crippen LogP contribution in [0.5, 0.6) is 0 Å². The summed E-state index contributed by atoms with van der Waals surface area (Å²) < 4.78 is 14.2. The summed E-state index contributed by atoms with van der Waals surface area (Å²) in [5.41, 5.74) is 1.33. The Bertz CT molecular complexity index is 870. The molecule has 1 aliphatic heterocycles. The largest absolute Gasteiger partial charge is 0.350 e. The fraction of sp³-hybridized carbons (Fsp3) is 0.300. The van der Waals surface area contributed by atoms with Crippen molar-refractivity contribution in [2.24, 2.45) is 0 Å². The van der Waals surface area contributed by atoms with Crippen molar-refractivity contribution in [2.45, 2.75) is 37.8 Å². The van der Waals surface area contributed by atoms with Crippen molar-refractivity contribution >= 4 is 40.9 Å². The molecule has 0 aromatic heterocycles. The minimum atomic E-state index is -0.458. The molecular weight excluding hydrogens is 387 g/mol. The molecule has 1 unspecified atom stereocenters. The summed E-state index contributed by atoms with van der Waals surface area (Å²) in [6.45, 7) is 3.95. The van der Waals surface area contributed by atoms with Crippen molar-refractivity contribution in [3.05, 3.63) is 58.4 Å². The van der Waals surface area contributed by atoms with Gasteiger partial charge in [0, 0.05) is 27.1 Å². The van der Waals surface area contributed by atoms with E-state index in [0.717, 1.165) is 11.3 Å². The molecule has 4 nitrogen and oxygen atoms in total. The molecule has 2 aromatic rings. The van der Waals surface area contributed by atoms with Gasteiger partial charge < -0.3 is 10.2 Å². The van der Waals surface area contributed by atoms with Gasteiger partial charge >= 0.3 is 0 Å². The van der Waals surface area contributed by atoms with Crippen molar-refractivity contribution in [1.29, 1.82) is 0 Å². The average Bonchev–Trinajstić information content (AvgIpc) is 2.65. The SMILES string of the molecule is CCC(C)NC(=O)c1ccc2c(c1)N(Cc1c(F)cccc1Cl)C(=O)CS2. The molecule has 0 aliphatic carbocycles. The summed E-state index contributed by atoms with van der Waals surface area (Å²) in [5.74, 6) is -0.539. The second-order valence-electron chi connectivity index (χ2n) is 6.43. The molecule has 2 amide bonds. The first-order valence-corrected chi connectivity index (χ1v) is 10.1. The molecule has 0 fully saturated rings. The van der Waals surface area contributed by atoms with Crippen molar-refractivity contribution in [3.8, 4) is 0 Å². The predicted molar refractivity (Wildman–Crippen MR) is 107 cm³/mol. The number of rotatable bonds is 5. The number of thioether (sulfide) groups is 1. The molecule has 1 heterocycles. The van der Waals surface area contributed by atoms with Crippen LogP contribution in [0.3, 0.4) is 0 Å². The Balaban J connectivity index is 1.95.